The van der Waals surface area contributed by atoms with Gasteiger partial charge in [-0.1, -0.05) is 28.1 Å². The maximum atomic E-state index is 13.5. The first kappa shape index (κ1) is 11.2. The van der Waals surface area contributed by atoms with Gasteiger partial charge in [0.1, 0.15) is 5.82 Å². The quantitative estimate of drug-likeness (QED) is 0.617. The zero-order valence-electron chi connectivity index (χ0n) is 7.72. The predicted octanol–water partition coefficient (Wildman–Crippen LogP) is 2.90. The molecule has 1 rings (SSSR count). The molecular weight excluding hydrogens is 251 g/mol. The molecule has 0 unspecified atom stereocenters. The van der Waals surface area contributed by atoms with Crippen LogP contribution in [0.1, 0.15) is 22.8 Å². The highest BCUT2D eigenvalue weighted by Crippen LogP contribution is 2.16. The average Bonchev–Trinajstić information content (AvgIpc) is 2.18. The van der Waals surface area contributed by atoms with Gasteiger partial charge < -0.3 is 4.74 Å². The largest absolute Gasteiger partial charge is 0.462 e. The average molecular weight is 261 g/mol. The lowest BCUT2D eigenvalue weighted by Crippen LogP contribution is -2.08. The summed E-state index contributed by atoms with van der Waals surface area (Å²) in [4.78, 5) is 11.3. The van der Waals surface area contributed by atoms with E-state index >= 15 is 0 Å². The third-order valence-electron chi connectivity index (χ3n) is 1.72. The van der Waals surface area contributed by atoms with Gasteiger partial charge in [0.25, 0.3) is 0 Å². The molecule has 0 radical (unpaired) electrons. The second-order valence-electron chi connectivity index (χ2n) is 2.63. The number of hydrogen-bond acceptors (Lipinski definition) is 2. The van der Waals surface area contributed by atoms with Crippen molar-refractivity contribution in [1.82, 2.24) is 0 Å². The molecule has 4 heteroatoms. The smallest absolute Gasteiger partial charge is 0.341 e. The van der Waals surface area contributed by atoms with Crippen LogP contribution < -0.4 is 0 Å². The molecule has 1 aromatic carbocycles. The van der Waals surface area contributed by atoms with Crippen molar-refractivity contribution >= 4 is 21.9 Å². The fourth-order valence-electron chi connectivity index (χ4n) is 1.05. The molecule has 0 aliphatic carbocycles. The van der Waals surface area contributed by atoms with Gasteiger partial charge in [-0.25, -0.2) is 9.18 Å². The fourth-order valence-corrected chi connectivity index (χ4v) is 1.48. The van der Waals surface area contributed by atoms with Gasteiger partial charge in [-0.05, 0) is 18.6 Å². The third kappa shape index (κ3) is 2.32. The van der Waals surface area contributed by atoms with Gasteiger partial charge in [0.05, 0.1) is 12.2 Å². The van der Waals surface area contributed by atoms with E-state index in [0.29, 0.717) is 10.9 Å². The molecule has 76 valence electrons. The van der Waals surface area contributed by atoms with E-state index < -0.39 is 11.8 Å². The number of ether oxygens (including phenoxy) is 1. The molecule has 0 bridgehead atoms. The molecule has 0 aliphatic heterocycles. The summed E-state index contributed by atoms with van der Waals surface area (Å²) >= 11 is 3.14. The number of carbonyl (C=O) groups is 1. The summed E-state index contributed by atoms with van der Waals surface area (Å²) in [5, 5.41) is 0.381. The molecular formula is C10H10BrFO2. The van der Waals surface area contributed by atoms with Crippen molar-refractivity contribution in [2.24, 2.45) is 0 Å². The first-order valence-corrected chi connectivity index (χ1v) is 5.33. The monoisotopic (exact) mass is 260 g/mol. The SMILES string of the molecule is CCOC(=O)c1cccc(CBr)c1F. The minimum Gasteiger partial charge on any atom is -0.462 e. The Hall–Kier alpha value is -0.900. The van der Waals surface area contributed by atoms with Gasteiger partial charge in [-0.3, -0.25) is 0 Å². The van der Waals surface area contributed by atoms with Crippen LogP contribution in [0.15, 0.2) is 18.2 Å². The Balaban J connectivity index is 3.03. The van der Waals surface area contributed by atoms with E-state index in [1.54, 1.807) is 19.1 Å². The number of hydrogen-bond donors (Lipinski definition) is 0. The van der Waals surface area contributed by atoms with E-state index in [0.717, 1.165) is 0 Å². The second kappa shape index (κ2) is 5.10. The van der Waals surface area contributed by atoms with Crippen molar-refractivity contribution in [3.05, 3.63) is 35.1 Å². The van der Waals surface area contributed by atoms with Crippen LogP contribution in [0.2, 0.25) is 0 Å². The highest BCUT2D eigenvalue weighted by molar-refractivity contribution is 9.08. The Morgan fingerprint density at radius 1 is 1.57 bits per heavy atom. The van der Waals surface area contributed by atoms with Crippen LogP contribution in [0.5, 0.6) is 0 Å². The van der Waals surface area contributed by atoms with Gasteiger partial charge in [0, 0.05) is 5.33 Å². The van der Waals surface area contributed by atoms with E-state index in [-0.39, 0.29) is 12.2 Å². The Morgan fingerprint density at radius 2 is 2.29 bits per heavy atom. The lowest BCUT2D eigenvalue weighted by atomic mass is 10.1. The summed E-state index contributed by atoms with van der Waals surface area (Å²) in [7, 11) is 0. The molecule has 0 spiro atoms. The summed E-state index contributed by atoms with van der Waals surface area (Å²) in [6.07, 6.45) is 0. The van der Waals surface area contributed by atoms with Crippen molar-refractivity contribution < 1.29 is 13.9 Å². The van der Waals surface area contributed by atoms with Gasteiger partial charge in [-0.2, -0.15) is 0 Å². The van der Waals surface area contributed by atoms with Crippen LogP contribution in [0, 0.1) is 5.82 Å². The van der Waals surface area contributed by atoms with Gasteiger partial charge in [-0.15, -0.1) is 0 Å². The molecule has 0 N–H and O–H groups in total. The summed E-state index contributed by atoms with van der Waals surface area (Å²) in [6.45, 7) is 1.93. The lowest BCUT2D eigenvalue weighted by Gasteiger charge is -2.05. The zero-order valence-corrected chi connectivity index (χ0v) is 9.30. The van der Waals surface area contributed by atoms with Crippen LogP contribution in [-0.4, -0.2) is 12.6 Å². The topological polar surface area (TPSA) is 26.3 Å². The van der Waals surface area contributed by atoms with E-state index in [4.69, 9.17) is 4.74 Å². The van der Waals surface area contributed by atoms with Crippen LogP contribution in [-0.2, 0) is 10.1 Å². The molecule has 0 aliphatic rings. The predicted molar refractivity (Wildman–Crippen MR) is 55.0 cm³/mol. The van der Waals surface area contributed by atoms with Crippen molar-refractivity contribution in [1.29, 1.82) is 0 Å². The summed E-state index contributed by atoms with van der Waals surface area (Å²) in [6, 6.07) is 4.66. The van der Waals surface area contributed by atoms with E-state index in [2.05, 4.69) is 15.9 Å². The van der Waals surface area contributed by atoms with E-state index in [1.807, 2.05) is 0 Å². The van der Waals surface area contributed by atoms with Crippen molar-refractivity contribution in [2.75, 3.05) is 6.61 Å². The highest BCUT2D eigenvalue weighted by atomic mass is 79.9. The molecule has 14 heavy (non-hydrogen) atoms. The highest BCUT2D eigenvalue weighted by Gasteiger charge is 2.14. The molecule has 2 nitrogen and oxygen atoms in total. The molecule has 0 saturated carbocycles. The number of carbonyl (C=O) groups excluding carboxylic acids is 1. The number of halogens is 2. The van der Waals surface area contributed by atoms with Crippen LogP contribution in [0.3, 0.4) is 0 Å². The van der Waals surface area contributed by atoms with Crippen molar-refractivity contribution in [2.45, 2.75) is 12.3 Å². The van der Waals surface area contributed by atoms with Crippen LogP contribution in [0.25, 0.3) is 0 Å². The summed E-state index contributed by atoms with van der Waals surface area (Å²) in [5.41, 5.74) is 0.444. The van der Waals surface area contributed by atoms with Crippen molar-refractivity contribution in [3.63, 3.8) is 0 Å². The summed E-state index contributed by atoms with van der Waals surface area (Å²) < 4.78 is 18.2. The minimum absolute atomic E-state index is 0.0104. The standard InChI is InChI=1S/C10H10BrFO2/c1-2-14-10(13)8-5-3-4-7(6-11)9(8)12/h3-5H,2,6H2,1H3. The molecule has 0 saturated heterocycles. The van der Waals surface area contributed by atoms with E-state index in [1.165, 1.54) is 6.07 Å². The van der Waals surface area contributed by atoms with Crippen LogP contribution >= 0.6 is 15.9 Å². The number of rotatable bonds is 3. The molecule has 0 amide bonds. The first-order valence-electron chi connectivity index (χ1n) is 4.21. The third-order valence-corrected chi connectivity index (χ3v) is 2.32. The van der Waals surface area contributed by atoms with Gasteiger partial charge in [0.2, 0.25) is 0 Å². The lowest BCUT2D eigenvalue weighted by molar-refractivity contribution is 0.0521. The van der Waals surface area contributed by atoms with Crippen molar-refractivity contribution in [3.8, 4) is 0 Å². The molecule has 1 aromatic rings. The summed E-state index contributed by atoms with van der Waals surface area (Å²) in [5.74, 6) is -1.13. The van der Waals surface area contributed by atoms with Gasteiger partial charge in [0.15, 0.2) is 0 Å². The fraction of sp³-hybridized carbons (Fsp3) is 0.300. The Morgan fingerprint density at radius 3 is 2.86 bits per heavy atom. The molecule has 0 fully saturated rings. The Kier molecular flexibility index (Phi) is 4.07. The Labute approximate surface area is 90.2 Å². The molecule has 0 aromatic heterocycles. The molecule has 0 heterocycles. The van der Waals surface area contributed by atoms with Crippen LogP contribution in [0.4, 0.5) is 4.39 Å². The maximum absolute atomic E-state index is 13.5. The molecule has 0 atom stereocenters. The van der Waals surface area contributed by atoms with E-state index in [9.17, 15) is 9.18 Å². The minimum atomic E-state index is -0.618. The second-order valence-corrected chi connectivity index (χ2v) is 3.19. The Bertz CT molecular complexity index is 339. The zero-order chi connectivity index (χ0) is 10.6. The first-order chi connectivity index (χ1) is 6.70. The maximum Gasteiger partial charge on any atom is 0.341 e. The number of benzene rings is 1. The normalized spacial score (nSPS) is 9.93. The number of alkyl halides is 1. The van der Waals surface area contributed by atoms with Gasteiger partial charge >= 0.3 is 5.97 Å². The number of esters is 1.